The van der Waals surface area contributed by atoms with Gasteiger partial charge in [0.15, 0.2) is 5.96 Å². The zero-order valence-electron chi connectivity index (χ0n) is 14.3. The van der Waals surface area contributed by atoms with Crippen LogP contribution in [0.5, 0.6) is 0 Å². The summed E-state index contributed by atoms with van der Waals surface area (Å²) in [7, 11) is 0. The van der Waals surface area contributed by atoms with Crippen LogP contribution in [0, 0.1) is 5.92 Å². The Morgan fingerprint density at radius 1 is 1.27 bits per heavy atom. The average molecular weight is 306 g/mol. The largest absolute Gasteiger partial charge is 0.378 e. The van der Waals surface area contributed by atoms with Crippen molar-refractivity contribution in [1.82, 2.24) is 15.6 Å². The van der Waals surface area contributed by atoms with Crippen molar-refractivity contribution in [2.24, 2.45) is 10.9 Å². The van der Waals surface area contributed by atoms with Crippen LogP contribution in [-0.4, -0.2) is 36.7 Å². The maximum absolute atomic E-state index is 5.76. The van der Waals surface area contributed by atoms with Gasteiger partial charge in [0.2, 0.25) is 0 Å². The van der Waals surface area contributed by atoms with E-state index in [4.69, 9.17) is 4.74 Å². The molecule has 0 aromatic carbocycles. The minimum absolute atomic E-state index is 0.288. The van der Waals surface area contributed by atoms with E-state index in [1.807, 2.05) is 25.1 Å². The first-order valence-corrected chi connectivity index (χ1v) is 8.21. The second kappa shape index (κ2) is 11.0. The van der Waals surface area contributed by atoms with Crippen LogP contribution in [0.25, 0.3) is 0 Å². The first kappa shape index (κ1) is 18.4. The molecular formula is C17H30N4O. The molecule has 0 amide bonds. The molecule has 0 aliphatic rings. The summed E-state index contributed by atoms with van der Waals surface area (Å²) in [6, 6.07) is 5.88. The summed E-state index contributed by atoms with van der Waals surface area (Å²) in [6.45, 7) is 11.5. The lowest BCUT2D eigenvalue weighted by Gasteiger charge is -2.21. The van der Waals surface area contributed by atoms with Crippen LogP contribution in [0.3, 0.4) is 0 Å². The van der Waals surface area contributed by atoms with Gasteiger partial charge in [0, 0.05) is 25.9 Å². The van der Waals surface area contributed by atoms with Crippen molar-refractivity contribution in [3.8, 4) is 0 Å². The second-order valence-electron chi connectivity index (χ2n) is 5.47. The van der Waals surface area contributed by atoms with E-state index in [9.17, 15) is 0 Å². The number of pyridine rings is 1. The van der Waals surface area contributed by atoms with E-state index in [0.717, 1.165) is 37.8 Å². The summed E-state index contributed by atoms with van der Waals surface area (Å²) >= 11 is 0. The lowest BCUT2D eigenvalue weighted by molar-refractivity contribution is 0.0258. The van der Waals surface area contributed by atoms with Gasteiger partial charge >= 0.3 is 0 Å². The highest BCUT2D eigenvalue weighted by molar-refractivity contribution is 5.79. The highest BCUT2D eigenvalue weighted by Crippen LogP contribution is 2.09. The summed E-state index contributed by atoms with van der Waals surface area (Å²) in [5.74, 6) is 1.35. The smallest absolute Gasteiger partial charge is 0.191 e. The lowest BCUT2D eigenvalue weighted by Crippen LogP contribution is -2.39. The maximum atomic E-state index is 5.76. The fraction of sp³-hybridized carbons (Fsp3) is 0.647. The number of rotatable bonds is 9. The van der Waals surface area contributed by atoms with Gasteiger partial charge in [-0.25, -0.2) is 4.99 Å². The molecule has 1 unspecified atom stereocenters. The number of ether oxygens (including phenoxy) is 1. The minimum atomic E-state index is 0.288. The number of guanidine groups is 1. The summed E-state index contributed by atoms with van der Waals surface area (Å²) in [5.41, 5.74) is 0.967. The van der Waals surface area contributed by atoms with Crippen molar-refractivity contribution in [2.45, 2.75) is 46.8 Å². The Hall–Kier alpha value is -1.62. The van der Waals surface area contributed by atoms with Crippen molar-refractivity contribution >= 4 is 5.96 Å². The highest BCUT2D eigenvalue weighted by atomic mass is 16.5. The molecule has 0 saturated carbocycles. The second-order valence-corrected chi connectivity index (χ2v) is 5.47. The molecule has 0 spiro atoms. The van der Waals surface area contributed by atoms with E-state index >= 15 is 0 Å². The fourth-order valence-electron chi connectivity index (χ4n) is 2.15. The summed E-state index contributed by atoms with van der Waals surface area (Å²) in [5, 5.41) is 6.62. The molecule has 1 aromatic heterocycles. The highest BCUT2D eigenvalue weighted by Gasteiger charge is 2.12. The van der Waals surface area contributed by atoms with Gasteiger partial charge in [-0.05, 0) is 38.3 Å². The Balaban J connectivity index is 2.46. The van der Waals surface area contributed by atoms with Crippen LogP contribution in [0.1, 0.15) is 39.8 Å². The van der Waals surface area contributed by atoms with Crippen LogP contribution in [0.4, 0.5) is 0 Å². The molecule has 124 valence electrons. The van der Waals surface area contributed by atoms with Crippen molar-refractivity contribution in [3.63, 3.8) is 0 Å². The molecule has 0 saturated heterocycles. The van der Waals surface area contributed by atoms with Crippen LogP contribution in [-0.2, 0) is 11.3 Å². The molecular weight excluding hydrogens is 276 g/mol. The normalized spacial score (nSPS) is 13.2. The topological polar surface area (TPSA) is 58.5 Å². The van der Waals surface area contributed by atoms with Crippen LogP contribution >= 0.6 is 0 Å². The minimum Gasteiger partial charge on any atom is -0.378 e. The van der Waals surface area contributed by atoms with Gasteiger partial charge in [-0.15, -0.1) is 0 Å². The fourth-order valence-corrected chi connectivity index (χ4v) is 2.15. The molecule has 2 N–H and O–H groups in total. The molecule has 0 aliphatic heterocycles. The number of nitrogens with zero attached hydrogens (tertiary/aromatic N) is 2. The van der Waals surface area contributed by atoms with Gasteiger partial charge in [-0.3, -0.25) is 4.98 Å². The van der Waals surface area contributed by atoms with Gasteiger partial charge in [0.05, 0.1) is 18.3 Å². The number of hydrogen-bond donors (Lipinski definition) is 2. The van der Waals surface area contributed by atoms with E-state index in [1.165, 1.54) is 0 Å². The van der Waals surface area contributed by atoms with E-state index < -0.39 is 0 Å². The van der Waals surface area contributed by atoms with Gasteiger partial charge < -0.3 is 15.4 Å². The Morgan fingerprint density at radius 3 is 2.68 bits per heavy atom. The van der Waals surface area contributed by atoms with Crippen molar-refractivity contribution in [2.75, 3.05) is 19.7 Å². The summed E-state index contributed by atoms with van der Waals surface area (Å²) in [4.78, 5) is 8.85. The van der Waals surface area contributed by atoms with Crippen LogP contribution in [0.15, 0.2) is 29.4 Å². The van der Waals surface area contributed by atoms with Gasteiger partial charge in [0.25, 0.3) is 0 Å². The Labute approximate surface area is 134 Å². The molecule has 0 fully saturated rings. The predicted molar refractivity (Wildman–Crippen MR) is 91.9 cm³/mol. The zero-order valence-corrected chi connectivity index (χ0v) is 14.3. The number of hydrogen-bond acceptors (Lipinski definition) is 3. The van der Waals surface area contributed by atoms with Crippen molar-refractivity contribution < 1.29 is 4.74 Å². The molecule has 1 atom stereocenters. The van der Waals surface area contributed by atoms with E-state index in [2.05, 4.69) is 41.4 Å². The monoisotopic (exact) mass is 306 g/mol. The maximum Gasteiger partial charge on any atom is 0.191 e. The quantitative estimate of drug-likeness (QED) is 0.544. The van der Waals surface area contributed by atoms with E-state index in [1.54, 1.807) is 6.20 Å². The molecule has 1 aromatic rings. The summed E-state index contributed by atoms with van der Waals surface area (Å²) < 4.78 is 5.76. The molecule has 5 heteroatoms. The molecule has 0 bridgehead atoms. The number of nitrogens with one attached hydrogen (secondary N) is 2. The number of aliphatic imine (C=N–C) groups is 1. The van der Waals surface area contributed by atoms with E-state index in [-0.39, 0.29) is 6.10 Å². The third-order valence-electron chi connectivity index (χ3n) is 3.32. The first-order valence-electron chi connectivity index (χ1n) is 8.21. The number of aromatic nitrogens is 1. The lowest BCUT2D eigenvalue weighted by atomic mass is 10.0. The third-order valence-corrected chi connectivity index (χ3v) is 3.32. The van der Waals surface area contributed by atoms with Gasteiger partial charge in [-0.2, -0.15) is 0 Å². The summed E-state index contributed by atoms with van der Waals surface area (Å²) in [6.07, 6.45) is 3.05. The molecule has 1 rings (SSSR count). The van der Waals surface area contributed by atoms with Crippen molar-refractivity contribution in [3.05, 3.63) is 30.1 Å². The zero-order chi connectivity index (χ0) is 16.2. The molecule has 22 heavy (non-hydrogen) atoms. The Kier molecular flexibility index (Phi) is 9.23. The van der Waals surface area contributed by atoms with Crippen LogP contribution < -0.4 is 10.6 Å². The predicted octanol–water partition coefficient (Wildman–Crippen LogP) is 2.59. The van der Waals surface area contributed by atoms with Crippen molar-refractivity contribution in [1.29, 1.82) is 0 Å². The van der Waals surface area contributed by atoms with Crippen LogP contribution in [0.2, 0.25) is 0 Å². The third kappa shape index (κ3) is 7.41. The van der Waals surface area contributed by atoms with Gasteiger partial charge in [0.1, 0.15) is 0 Å². The Bertz CT molecular complexity index is 420. The first-order chi connectivity index (χ1) is 10.7. The van der Waals surface area contributed by atoms with E-state index in [0.29, 0.717) is 12.5 Å². The van der Waals surface area contributed by atoms with Gasteiger partial charge in [-0.1, -0.05) is 19.9 Å². The standard InChI is InChI=1S/C17H30N4O/c1-5-18-17(21-13-15-9-7-8-11-19-15)20-12-10-16(14(3)4)22-6-2/h7-9,11,14,16H,5-6,10,12-13H2,1-4H3,(H2,18,20,21). The Morgan fingerprint density at radius 2 is 2.09 bits per heavy atom. The SMILES string of the molecule is CCNC(=NCc1ccccn1)NCCC(OCC)C(C)C. The average Bonchev–Trinajstić information content (AvgIpc) is 2.52. The molecule has 5 nitrogen and oxygen atoms in total. The molecule has 0 aliphatic carbocycles. The molecule has 1 heterocycles. The molecule has 0 radical (unpaired) electrons.